The number of epoxide rings is 1. The number of benzene rings is 1. The number of aliphatic hydroxyl groups is 2. The van der Waals surface area contributed by atoms with Crippen molar-refractivity contribution in [3.05, 3.63) is 121 Å². The van der Waals surface area contributed by atoms with Gasteiger partial charge in [-0.05, 0) is 75.0 Å². The zero-order valence-electron chi connectivity index (χ0n) is 45.3. The van der Waals surface area contributed by atoms with Gasteiger partial charge in [-0.1, -0.05) is 76.4 Å². The summed E-state index contributed by atoms with van der Waals surface area (Å²) in [4.78, 5) is 76.5. The molecule has 0 aliphatic carbocycles. The van der Waals surface area contributed by atoms with Gasteiger partial charge in [0.1, 0.15) is 45.7 Å². The first-order valence-corrected chi connectivity index (χ1v) is 22.4. The number of hydrogen-bond donors (Lipinski definition) is 2. The van der Waals surface area contributed by atoms with Crippen LogP contribution in [0.4, 0.5) is 0 Å². The van der Waals surface area contributed by atoms with E-state index < -0.39 is 18.0 Å². The maximum absolute atomic E-state index is 11.0. The van der Waals surface area contributed by atoms with Crippen molar-refractivity contribution in [2.75, 3.05) is 101 Å². The second-order valence-corrected chi connectivity index (χ2v) is 15.6. The zero-order chi connectivity index (χ0) is 57.5. The Morgan fingerprint density at radius 3 is 1.32 bits per heavy atom. The zero-order valence-corrected chi connectivity index (χ0v) is 45.3. The Kier molecular flexibility index (Phi) is 50.6. The lowest BCUT2D eigenvalue weighted by Gasteiger charge is -2.09. The molecule has 0 bridgehead atoms. The molecule has 2 rings (SSSR count). The summed E-state index contributed by atoms with van der Waals surface area (Å²) in [6, 6.07) is 9.55. The van der Waals surface area contributed by atoms with Gasteiger partial charge in [0.25, 0.3) is 0 Å². The molecule has 1 aromatic rings. The summed E-state index contributed by atoms with van der Waals surface area (Å²) in [5, 5.41) is 16.9. The number of hydrogen-bond acceptors (Lipinski definition) is 20. The molecule has 20 heteroatoms. The van der Waals surface area contributed by atoms with Crippen LogP contribution in [0.15, 0.2) is 115 Å². The molecule has 0 aromatic heterocycles. The average molecular weight is 1040 g/mol. The van der Waals surface area contributed by atoms with Gasteiger partial charge < -0.3 is 62.5 Å². The second kappa shape index (κ2) is 49.0. The molecule has 1 saturated heterocycles. The fourth-order valence-electron chi connectivity index (χ4n) is 3.06. The van der Waals surface area contributed by atoms with Gasteiger partial charge >= 0.3 is 41.8 Å². The van der Waals surface area contributed by atoms with Crippen molar-refractivity contribution in [2.45, 2.75) is 74.2 Å². The van der Waals surface area contributed by atoms with E-state index in [9.17, 15) is 33.6 Å². The van der Waals surface area contributed by atoms with Crippen LogP contribution in [0.5, 0.6) is 0 Å². The third kappa shape index (κ3) is 57.9. The molecule has 73 heavy (non-hydrogen) atoms. The highest BCUT2D eigenvalue weighted by atomic mass is 16.6. The number of esters is 7. The molecule has 414 valence electrons. The molecule has 0 spiro atoms. The van der Waals surface area contributed by atoms with Crippen molar-refractivity contribution >= 4 is 41.8 Å². The largest absolute Gasteiger partial charge is 0.466 e. The molecule has 20 nitrogen and oxygen atoms in total. The molecule has 0 amide bonds. The maximum atomic E-state index is 11.0. The Morgan fingerprint density at radius 2 is 0.959 bits per heavy atom. The first kappa shape index (κ1) is 75.4. The fourth-order valence-corrected chi connectivity index (χ4v) is 3.06. The van der Waals surface area contributed by atoms with Crippen LogP contribution in [0.2, 0.25) is 0 Å². The Hall–Kier alpha value is -6.55. The molecule has 2 N–H and O–H groups in total. The average Bonchev–Trinajstić information content (AvgIpc) is 4.17. The van der Waals surface area contributed by atoms with Gasteiger partial charge in [0.05, 0.1) is 46.2 Å². The summed E-state index contributed by atoms with van der Waals surface area (Å²) in [5.41, 5.74) is 3.82. The van der Waals surface area contributed by atoms with Gasteiger partial charge in [0.15, 0.2) is 0 Å². The van der Waals surface area contributed by atoms with E-state index in [4.69, 9.17) is 43.4 Å². The third-order valence-electron chi connectivity index (χ3n) is 7.08. The Bertz CT molecular complexity index is 1840. The molecule has 2 atom stereocenters. The smallest absolute Gasteiger partial charge is 0.333 e. The first-order valence-electron chi connectivity index (χ1n) is 22.4. The van der Waals surface area contributed by atoms with Gasteiger partial charge in [-0.15, -0.1) is 0 Å². The molecule has 1 aromatic carbocycles. The molecule has 1 fully saturated rings. The van der Waals surface area contributed by atoms with E-state index in [1.165, 1.54) is 7.11 Å². The highest BCUT2D eigenvalue weighted by Gasteiger charge is 2.24. The lowest BCUT2D eigenvalue weighted by atomic mass is 10.2. The van der Waals surface area contributed by atoms with E-state index in [-0.39, 0.29) is 62.4 Å². The molecule has 1 aliphatic rings. The number of nitrogens with zero attached hydrogens (tertiary/aromatic N) is 1. The maximum Gasteiger partial charge on any atom is 0.333 e. The van der Waals surface area contributed by atoms with E-state index in [1.54, 1.807) is 62.5 Å². The van der Waals surface area contributed by atoms with Crippen LogP contribution in [0, 0.1) is 0 Å². The predicted octanol–water partition coefficient (Wildman–Crippen LogP) is 5.57. The fraction of sp³-hybridized carbons (Fsp3) is 0.491. The van der Waals surface area contributed by atoms with Crippen LogP contribution < -0.4 is 0 Å². The Labute approximate surface area is 432 Å². The predicted molar refractivity (Wildman–Crippen MR) is 277 cm³/mol. The van der Waals surface area contributed by atoms with Gasteiger partial charge in [-0.2, -0.15) is 0 Å². The van der Waals surface area contributed by atoms with E-state index in [0.29, 0.717) is 85.3 Å². The number of likely N-dealkylation sites (N-methyl/N-ethyl adjacent to an activating group) is 1. The second-order valence-electron chi connectivity index (χ2n) is 15.6. The molecule has 0 saturated carbocycles. The van der Waals surface area contributed by atoms with Crippen molar-refractivity contribution in [2.24, 2.45) is 0 Å². The quantitative estimate of drug-likeness (QED) is 0.0422. The molecule has 2 unspecified atom stereocenters. The number of methoxy groups -OCH3 is 2. The third-order valence-corrected chi connectivity index (χ3v) is 7.08. The minimum Gasteiger partial charge on any atom is -0.466 e. The summed E-state index contributed by atoms with van der Waals surface area (Å²) >= 11 is 0. The molecule has 0 radical (unpaired) electrons. The number of carbonyl (C=O) groups is 7. The Balaban J connectivity index is -0.000000248. The number of ether oxygens (including phenoxy) is 10. The minimum absolute atomic E-state index is 0.0334. The van der Waals surface area contributed by atoms with Crippen LogP contribution in [0.1, 0.15) is 61.0 Å². The van der Waals surface area contributed by atoms with Crippen LogP contribution in [0.3, 0.4) is 0 Å². The Morgan fingerprint density at radius 1 is 0.575 bits per heavy atom. The summed E-state index contributed by atoms with van der Waals surface area (Å²) in [5.74, 6) is -2.63. The lowest BCUT2D eigenvalue weighted by Crippen LogP contribution is -2.20. The normalized spacial score (nSPS) is 11.4. The minimum atomic E-state index is -0.608. The highest BCUT2D eigenvalue weighted by molar-refractivity contribution is 5.89. The number of aliphatic hydroxyl groups excluding tert-OH is 2. The topological polar surface area (TPSA) is 259 Å². The molecule has 1 aliphatic heterocycles. The number of carbonyl (C=O) groups excluding carboxylic acids is 7. The van der Waals surface area contributed by atoms with E-state index in [2.05, 4.69) is 60.3 Å². The molecule has 1 heterocycles. The van der Waals surface area contributed by atoms with E-state index in [1.807, 2.05) is 49.3 Å². The van der Waals surface area contributed by atoms with Gasteiger partial charge in [0.2, 0.25) is 0 Å². The van der Waals surface area contributed by atoms with Gasteiger partial charge in [0, 0.05) is 52.7 Å². The summed E-state index contributed by atoms with van der Waals surface area (Å²) < 4.78 is 47.3. The van der Waals surface area contributed by atoms with Crippen molar-refractivity contribution in [1.82, 2.24) is 4.90 Å². The van der Waals surface area contributed by atoms with Crippen molar-refractivity contribution in [3.63, 3.8) is 0 Å². The SMILES string of the molecule is C=C(C)C(=O)OC.C=C(C)C(=O)OCC(C)O.C=C(C)C(=O)OCC1CO1.C=C(C)C(=O)OCCN(C)C.C=C(C)C(=O)OCCO.C=C(C)C(=O)OCCOCCOC.C=C(C)C(=O)OCc1ccccc1. The van der Waals surface area contributed by atoms with Gasteiger partial charge in [-0.25, -0.2) is 33.6 Å². The first-order chi connectivity index (χ1) is 34.0. The van der Waals surface area contributed by atoms with Crippen LogP contribution in [-0.2, 0) is 87.5 Å². The van der Waals surface area contributed by atoms with Crippen LogP contribution in [0.25, 0.3) is 0 Å². The standard InChI is InChI=1S/C11H12O2.C9H16O4.C8H15NO2.C7H10O3.C7H12O3.C6H10O3.C5H8O2/c1-9(2)11(12)13-8-10-6-4-3-5-7-10;1-8(2)9(10)13-7-6-12-5-4-11-3;1-7(2)8(10)11-6-5-9(3)4;1-5(2)7(8)10-4-6-3-9-6;1-5(2)7(9)10-4-6(3)8;1-5(2)6(8)9-4-3-7;1-4(2)5(6)7-3/h3-7H,1,8H2,2H3;1,4-7H2,2-3H3;1,5-6H2,2-4H3;6H,1,3-4H2,2H3;6,8H,1,4H2,2-3H3;7H,1,3-4H2,2H3;1H2,2-3H3. The van der Waals surface area contributed by atoms with Crippen LogP contribution in [-0.4, -0.2) is 170 Å². The monoisotopic (exact) mass is 1040 g/mol. The molecular formula is C53H83NO19. The van der Waals surface area contributed by atoms with Crippen molar-refractivity contribution < 1.29 is 91.1 Å². The summed E-state index contributed by atoms with van der Waals surface area (Å²) in [6.07, 6.45) is -0.466. The summed E-state index contributed by atoms with van der Waals surface area (Å²) in [6.45, 7) is 40.9. The van der Waals surface area contributed by atoms with Gasteiger partial charge in [-0.3, -0.25) is 0 Å². The lowest BCUT2D eigenvalue weighted by molar-refractivity contribution is -0.142. The highest BCUT2D eigenvalue weighted by Crippen LogP contribution is 2.09. The van der Waals surface area contributed by atoms with Crippen molar-refractivity contribution in [3.8, 4) is 0 Å². The molecular weight excluding hydrogens is 955 g/mol. The summed E-state index contributed by atoms with van der Waals surface area (Å²) in [7, 11) is 6.78. The number of rotatable bonds is 24. The van der Waals surface area contributed by atoms with Crippen LogP contribution >= 0.6 is 0 Å². The van der Waals surface area contributed by atoms with E-state index >= 15 is 0 Å². The van der Waals surface area contributed by atoms with E-state index in [0.717, 1.165) is 12.1 Å². The van der Waals surface area contributed by atoms with Crippen molar-refractivity contribution in [1.29, 1.82) is 0 Å².